The van der Waals surface area contributed by atoms with Gasteiger partial charge < -0.3 is 19.3 Å². The largest absolute Gasteiger partial charge is 0.366 e. The van der Waals surface area contributed by atoms with Crippen LogP contribution >= 0.6 is 0 Å². The van der Waals surface area contributed by atoms with Crippen molar-refractivity contribution in [2.75, 3.05) is 0 Å². The lowest BCUT2D eigenvalue weighted by Gasteiger charge is -2.39. The van der Waals surface area contributed by atoms with Crippen molar-refractivity contribution in [1.82, 2.24) is 0 Å². The number of aliphatic hydroxyl groups excluding tert-OH is 1. The minimum Gasteiger partial charge on any atom is -0.366 e. The van der Waals surface area contributed by atoms with E-state index in [0.717, 1.165) is 6.04 Å². The Kier molecular flexibility index (Phi) is 3.68. The first-order valence-electron chi connectivity index (χ1n) is 7.12. The zero-order valence-corrected chi connectivity index (χ0v) is 14.2. The molecule has 2 fully saturated rings. The monoisotopic (exact) mass is 288 g/mol. The summed E-state index contributed by atoms with van der Waals surface area (Å²) >= 11 is 0. The smallest absolute Gasteiger partial charge is 0.184 e. The molecule has 2 heterocycles. The molecule has 2 rings (SSSR count). The Bertz CT molecular complexity index is 348. The fourth-order valence-corrected chi connectivity index (χ4v) is 4.58. The lowest BCUT2D eigenvalue weighted by molar-refractivity contribution is -0.217. The van der Waals surface area contributed by atoms with E-state index in [2.05, 4.69) is 33.9 Å². The van der Waals surface area contributed by atoms with Crippen LogP contribution in [0.15, 0.2) is 0 Å². The summed E-state index contributed by atoms with van der Waals surface area (Å²) in [6.07, 6.45) is -1.40. The second-order valence-electron chi connectivity index (χ2n) is 7.97. The van der Waals surface area contributed by atoms with Gasteiger partial charge in [-0.05, 0) is 24.9 Å². The van der Waals surface area contributed by atoms with Gasteiger partial charge in [0.15, 0.2) is 12.1 Å². The predicted octanol–water partition coefficient (Wildman–Crippen LogP) is 2.73. The highest BCUT2D eigenvalue weighted by Gasteiger charge is 2.56. The van der Waals surface area contributed by atoms with Gasteiger partial charge in [-0.25, -0.2) is 0 Å². The van der Waals surface area contributed by atoms with Gasteiger partial charge in [0.1, 0.15) is 12.2 Å². The number of hydrogen-bond acceptors (Lipinski definition) is 4. The summed E-state index contributed by atoms with van der Waals surface area (Å²) in [4.78, 5) is 0. The number of ether oxygens (including phenoxy) is 3. The molecule has 0 aliphatic carbocycles. The highest BCUT2D eigenvalue weighted by Crippen LogP contribution is 2.45. The first kappa shape index (κ1) is 15.4. The van der Waals surface area contributed by atoms with Crippen molar-refractivity contribution in [1.29, 1.82) is 0 Å². The summed E-state index contributed by atoms with van der Waals surface area (Å²) in [5.74, 6) is -0.619. The average molecular weight is 288 g/mol. The minimum absolute atomic E-state index is 0.0531. The third kappa shape index (κ3) is 2.90. The van der Waals surface area contributed by atoms with Gasteiger partial charge in [0.25, 0.3) is 0 Å². The molecule has 4 atom stereocenters. The summed E-state index contributed by atoms with van der Waals surface area (Å²) < 4.78 is 17.4. The Morgan fingerprint density at radius 1 is 1.11 bits per heavy atom. The molecule has 0 spiro atoms. The molecule has 0 radical (unpaired) electrons. The molecule has 5 heteroatoms. The van der Waals surface area contributed by atoms with Crippen molar-refractivity contribution in [3.05, 3.63) is 0 Å². The molecule has 2 aliphatic heterocycles. The van der Waals surface area contributed by atoms with Crippen LogP contribution in [-0.4, -0.2) is 43.6 Å². The zero-order valence-electron chi connectivity index (χ0n) is 13.2. The number of fused-ring (bicyclic) bond motifs is 1. The van der Waals surface area contributed by atoms with Gasteiger partial charge in [-0.2, -0.15) is 0 Å². The van der Waals surface area contributed by atoms with Crippen LogP contribution < -0.4 is 0 Å². The first-order valence-corrected chi connectivity index (χ1v) is 10.3. The number of rotatable bonds is 2. The van der Waals surface area contributed by atoms with Crippen LogP contribution in [0.4, 0.5) is 0 Å². The molecule has 2 saturated heterocycles. The van der Waals surface area contributed by atoms with Crippen LogP contribution in [0, 0.1) is 0 Å². The molecule has 0 aromatic carbocycles. The molecule has 0 amide bonds. The molecule has 19 heavy (non-hydrogen) atoms. The summed E-state index contributed by atoms with van der Waals surface area (Å²) in [5, 5.41) is 10.3. The van der Waals surface area contributed by atoms with Crippen LogP contribution in [0.25, 0.3) is 0 Å². The van der Waals surface area contributed by atoms with Crippen molar-refractivity contribution in [3.8, 4) is 0 Å². The second-order valence-corrected chi connectivity index (χ2v) is 13.6. The predicted molar refractivity (Wildman–Crippen MR) is 76.7 cm³/mol. The third-order valence-corrected chi connectivity index (χ3v) is 10.4. The third-order valence-electron chi connectivity index (χ3n) is 4.87. The van der Waals surface area contributed by atoms with Crippen LogP contribution in [0.1, 0.15) is 34.6 Å². The molecular formula is C14H28O4Si. The van der Waals surface area contributed by atoms with Crippen molar-refractivity contribution in [2.24, 2.45) is 0 Å². The van der Waals surface area contributed by atoms with Gasteiger partial charge in [0.2, 0.25) is 0 Å². The van der Waals surface area contributed by atoms with E-state index in [4.69, 9.17) is 14.2 Å². The molecule has 0 saturated carbocycles. The van der Waals surface area contributed by atoms with Gasteiger partial charge in [0, 0.05) is 0 Å². The Balaban J connectivity index is 2.11. The summed E-state index contributed by atoms with van der Waals surface area (Å²) in [6.45, 7) is 15.4. The standard InChI is InChI=1S/C14H28O4Si/c1-13(2,3)19(6,7)8-9-10-11(12(15)16-9)18-14(4,5)17-10/h9-12,15H,8H2,1-7H3/t9-,10-,11-,12+/m1/s1. The molecule has 2 aliphatic rings. The Labute approximate surface area is 117 Å². The minimum atomic E-state index is -1.48. The normalized spacial score (nSPS) is 38.5. The average Bonchev–Trinajstić information content (AvgIpc) is 2.62. The van der Waals surface area contributed by atoms with Crippen molar-refractivity contribution >= 4 is 8.07 Å². The van der Waals surface area contributed by atoms with Gasteiger partial charge in [0.05, 0.1) is 14.2 Å². The molecule has 4 nitrogen and oxygen atoms in total. The maximum atomic E-state index is 9.99. The number of hydrogen-bond donors (Lipinski definition) is 1. The Morgan fingerprint density at radius 3 is 2.16 bits per heavy atom. The fraction of sp³-hybridized carbons (Fsp3) is 1.00. The van der Waals surface area contributed by atoms with Crippen LogP contribution in [0.5, 0.6) is 0 Å². The lowest BCUT2D eigenvalue weighted by atomic mass is 10.1. The molecule has 1 N–H and O–H groups in total. The summed E-state index contributed by atoms with van der Waals surface area (Å²) in [5.41, 5.74) is 0. The number of aliphatic hydroxyl groups is 1. The Morgan fingerprint density at radius 2 is 1.63 bits per heavy atom. The molecule has 0 unspecified atom stereocenters. The molecule has 0 bridgehead atoms. The molecule has 0 aromatic heterocycles. The van der Waals surface area contributed by atoms with E-state index in [-0.39, 0.29) is 18.3 Å². The van der Waals surface area contributed by atoms with E-state index in [1.54, 1.807) is 0 Å². The lowest BCUT2D eigenvalue weighted by Crippen LogP contribution is -2.43. The maximum absolute atomic E-state index is 9.99. The van der Waals surface area contributed by atoms with E-state index < -0.39 is 20.2 Å². The topological polar surface area (TPSA) is 47.9 Å². The first-order chi connectivity index (χ1) is 8.43. The quantitative estimate of drug-likeness (QED) is 0.794. The summed E-state index contributed by atoms with van der Waals surface area (Å²) in [7, 11) is -1.48. The van der Waals surface area contributed by atoms with Crippen molar-refractivity contribution < 1.29 is 19.3 Å². The van der Waals surface area contributed by atoms with Crippen molar-refractivity contribution in [3.63, 3.8) is 0 Å². The van der Waals surface area contributed by atoms with Gasteiger partial charge in [-0.1, -0.05) is 33.9 Å². The van der Waals surface area contributed by atoms with E-state index in [9.17, 15) is 5.11 Å². The zero-order chi connectivity index (χ0) is 14.6. The summed E-state index contributed by atoms with van der Waals surface area (Å²) in [6, 6.07) is 0.980. The van der Waals surface area contributed by atoms with Gasteiger partial charge >= 0.3 is 0 Å². The van der Waals surface area contributed by atoms with E-state index in [1.165, 1.54) is 0 Å². The van der Waals surface area contributed by atoms with Crippen molar-refractivity contribution in [2.45, 2.75) is 89.2 Å². The Hall–Kier alpha value is 0.0569. The van der Waals surface area contributed by atoms with E-state index in [1.807, 2.05) is 13.8 Å². The fourth-order valence-electron chi connectivity index (χ4n) is 2.63. The molecule has 0 aromatic rings. The molecule has 112 valence electrons. The highest BCUT2D eigenvalue weighted by atomic mass is 28.3. The van der Waals surface area contributed by atoms with Crippen LogP contribution in [0.2, 0.25) is 24.2 Å². The maximum Gasteiger partial charge on any atom is 0.184 e. The van der Waals surface area contributed by atoms with Crippen LogP contribution in [-0.2, 0) is 14.2 Å². The highest BCUT2D eigenvalue weighted by molar-refractivity contribution is 6.80. The SMILES string of the molecule is CC1(C)O[C@@H]2[C@H](O1)[C@@H](C[Si](C)(C)C(C)(C)C)O[C@@H]2O. The second kappa shape index (κ2) is 4.53. The molecular weight excluding hydrogens is 260 g/mol. The van der Waals surface area contributed by atoms with Gasteiger partial charge in [-0.3, -0.25) is 0 Å². The van der Waals surface area contributed by atoms with Crippen LogP contribution in [0.3, 0.4) is 0 Å². The van der Waals surface area contributed by atoms with E-state index >= 15 is 0 Å². The van der Waals surface area contributed by atoms with E-state index in [0.29, 0.717) is 5.04 Å². The van der Waals surface area contributed by atoms with Gasteiger partial charge in [-0.15, -0.1) is 0 Å².